The molecule has 2 fully saturated rings. The molecular weight excluding hydrogens is 250 g/mol. The number of piperidine rings is 1. The molecule has 5 heteroatoms. The van der Waals surface area contributed by atoms with Crippen molar-refractivity contribution in [3.8, 4) is 0 Å². The maximum absolute atomic E-state index is 13.1. The Kier molecular flexibility index (Phi) is 3.22. The summed E-state index contributed by atoms with van der Waals surface area (Å²) in [6, 6.07) is 3.31. The van der Waals surface area contributed by atoms with Gasteiger partial charge in [0.1, 0.15) is 11.6 Å². The Labute approximate surface area is 110 Å². The van der Waals surface area contributed by atoms with Crippen LogP contribution in [0.3, 0.4) is 0 Å². The molecule has 0 radical (unpaired) electrons. The molecular formula is C14H16F2N2O. The molecule has 2 aliphatic rings. The van der Waals surface area contributed by atoms with Crippen molar-refractivity contribution in [1.29, 1.82) is 0 Å². The fourth-order valence-electron chi connectivity index (χ4n) is 3.07. The lowest BCUT2D eigenvalue weighted by molar-refractivity contribution is 0.0784. The molecule has 3 nitrogen and oxygen atoms in total. The number of nitrogens with one attached hydrogen (secondary N) is 1. The Balaban J connectivity index is 1.77. The van der Waals surface area contributed by atoms with E-state index in [1.807, 2.05) is 0 Å². The number of rotatable bonds is 1. The monoisotopic (exact) mass is 266 g/mol. The number of carbonyl (C=O) groups is 1. The Morgan fingerprint density at radius 2 is 1.95 bits per heavy atom. The molecule has 19 heavy (non-hydrogen) atoms. The van der Waals surface area contributed by atoms with Crippen LogP contribution in [0.4, 0.5) is 8.78 Å². The van der Waals surface area contributed by atoms with E-state index in [1.54, 1.807) is 4.90 Å². The van der Waals surface area contributed by atoms with Gasteiger partial charge in [-0.25, -0.2) is 8.78 Å². The second-order valence-corrected chi connectivity index (χ2v) is 5.33. The summed E-state index contributed by atoms with van der Waals surface area (Å²) in [5, 5.41) is 3.40. The lowest BCUT2D eigenvalue weighted by Gasteiger charge is -2.24. The first-order valence-corrected chi connectivity index (χ1v) is 6.62. The fraction of sp³-hybridized carbons (Fsp3) is 0.500. The highest BCUT2D eigenvalue weighted by atomic mass is 19.1. The van der Waals surface area contributed by atoms with Crippen molar-refractivity contribution in [1.82, 2.24) is 10.2 Å². The van der Waals surface area contributed by atoms with Gasteiger partial charge in [-0.1, -0.05) is 0 Å². The molecule has 102 valence electrons. The van der Waals surface area contributed by atoms with Crippen LogP contribution in [0.2, 0.25) is 0 Å². The molecule has 2 saturated heterocycles. The number of hydrogen-bond acceptors (Lipinski definition) is 2. The van der Waals surface area contributed by atoms with Gasteiger partial charge in [-0.05, 0) is 37.4 Å². The fourth-order valence-corrected chi connectivity index (χ4v) is 3.07. The standard InChI is InChI=1S/C14H16F2N2O/c15-11-4-10(5-12(16)6-11)14(19)18-7-9-2-1-3-17-13(9)8-18/h4-6,9,13,17H,1-3,7-8H2. The van der Waals surface area contributed by atoms with Crippen molar-refractivity contribution in [3.05, 3.63) is 35.4 Å². The molecule has 2 heterocycles. The summed E-state index contributed by atoms with van der Waals surface area (Å²) in [7, 11) is 0. The molecule has 0 bridgehead atoms. The lowest BCUT2D eigenvalue weighted by Crippen LogP contribution is -2.41. The van der Waals surface area contributed by atoms with E-state index < -0.39 is 11.6 Å². The largest absolute Gasteiger partial charge is 0.337 e. The Hall–Kier alpha value is -1.49. The first-order chi connectivity index (χ1) is 9.13. The third kappa shape index (κ3) is 2.47. The van der Waals surface area contributed by atoms with Crippen molar-refractivity contribution in [3.63, 3.8) is 0 Å². The number of fused-ring (bicyclic) bond motifs is 1. The smallest absolute Gasteiger partial charge is 0.254 e. The molecule has 0 aliphatic carbocycles. The number of halogens is 2. The second kappa shape index (κ2) is 4.89. The van der Waals surface area contributed by atoms with Gasteiger partial charge in [0.15, 0.2) is 0 Å². The number of carbonyl (C=O) groups excluding carboxylic acids is 1. The number of amides is 1. The molecule has 1 amide bonds. The molecule has 1 aromatic rings. The van der Waals surface area contributed by atoms with Crippen LogP contribution in [0.5, 0.6) is 0 Å². The molecule has 0 spiro atoms. The van der Waals surface area contributed by atoms with Gasteiger partial charge in [-0.15, -0.1) is 0 Å². The Morgan fingerprint density at radius 1 is 1.21 bits per heavy atom. The molecule has 2 unspecified atom stereocenters. The highest BCUT2D eigenvalue weighted by Crippen LogP contribution is 2.26. The van der Waals surface area contributed by atoms with E-state index in [4.69, 9.17) is 0 Å². The minimum absolute atomic E-state index is 0.0937. The minimum Gasteiger partial charge on any atom is -0.337 e. The van der Waals surface area contributed by atoms with Gasteiger partial charge in [-0.2, -0.15) is 0 Å². The molecule has 0 aromatic heterocycles. The van der Waals surface area contributed by atoms with Gasteiger partial charge >= 0.3 is 0 Å². The zero-order valence-corrected chi connectivity index (χ0v) is 10.5. The maximum Gasteiger partial charge on any atom is 0.254 e. The van der Waals surface area contributed by atoms with Crippen LogP contribution in [-0.2, 0) is 0 Å². The summed E-state index contributed by atoms with van der Waals surface area (Å²) in [5.41, 5.74) is 0.0937. The van der Waals surface area contributed by atoms with E-state index in [9.17, 15) is 13.6 Å². The van der Waals surface area contributed by atoms with E-state index >= 15 is 0 Å². The quantitative estimate of drug-likeness (QED) is 0.840. The third-order valence-electron chi connectivity index (χ3n) is 4.00. The van der Waals surface area contributed by atoms with E-state index in [2.05, 4.69) is 5.32 Å². The SMILES string of the molecule is O=C(c1cc(F)cc(F)c1)N1CC2CCCNC2C1. The Morgan fingerprint density at radius 3 is 2.63 bits per heavy atom. The van der Waals surface area contributed by atoms with E-state index in [0.717, 1.165) is 37.6 Å². The topological polar surface area (TPSA) is 32.3 Å². The van der Waals surface area contributed by atoms with Crippen LogP contribution < -0.4 is 5.32 Å². The van der Waals surface area contributed by atoms with Crippen molar-refractivity contribution in [2.45, 2.75) is 18.9 Å². The van der Waals surface area contributed by atoms with Gasteiger partial charge in [0, 0.05) is 30.8 Å². The molecule has 2 atom stereocenters. The average molecular weight is 266 g/mol. The number of benzene rings is 1. The van der Waals surface area contributed by atoms with Gasteiger partial charge in [0.2, 0.25) is 0 Å². The van der Waals surface area contributed by atoms with Gasteiger partial charge in [0.25, 0.3) is 5.91 Å². The van der Waals surface area contributed by atoms with Crippen molar-refractivity contribution < 1.29 is 13.6 Å². The summed E-state index contributed by atoms with van der Waals surface area (Å²) < 4.78 is 26.3. The summed E-state index contributed by atoms with van der Waals surface area (Å²) in [5.74, 6) is -1.23. The first-order valence-electron chi connectivity index (χ1n) is 6.62. The lowest BCUT2D eigenvalue weighted by atomic mass is 9.94. The highest BCUT2D eigenvalue weighted by Gasteiger charge is 2.36. The van der Waals surface area contributed by atoms with Gasteiger partial charge in [-0.3, -0.25) is 4.79 Å². The van der Waals surface area contributed by atoms with Crippen molar-refractivity contribution in [2.75, 3.05) is 19.6 Å². The predicted molar refractivity (Wildman–Crippen MR) is 66.8 cm³/mol. The predicted octanol–water partition coefficient (Wildman–Crippen LogP) is 1.79. The second-order valence-electron chi connectivity index (χ2n) is 5.33. The summed E-state index contributed by atoms with van der Waals surface area (Å²) in [6.45, 7) is 2.29. The highest BCUT2D eigenvalue weighted by molar-refractivity contribution is 5.94. The van der Waals surface area contributed by atoms with Crippen LogP contribution in [0.15, 0.2) is 18.2 Å². The first kappa shape index (κ1) is 12.5. The van der Waals surface area contributed by atoms with Crippen LogP contribution in [0.25, 0.3) is 0 Å². The van der Waals surface area contributed by atoms with Gasteiger partial charge < -0.3 is 10.2 Å². The van der Waals surface area contributed by atoms with E-state index in [0.29, 0.717) is 25.0 Å². The van der Waals surface area contributed by atoms with Crippen LogP contribution in [0.1, 0.15) is 23.2 Å². The van der Waals surface area contributed by atoms with Crippen molar-refractivity contribution >= 4 is 5.91 Å². The van der Waals surface area contributed by atoms with Gasteiger partial charge in [0.05, 0.1) is 0 Å². The number of likely N-dealkylation sites (tertiary alicyclic amines) is 1. The van der Waals surface area contributed by atoms with E-state index in [1.165, 1.54) is 0 Å². The molecule has 2 aliphatic heterocycles. The van der Waals surface area contributed by atoms with E-state index in [-0.39, 0.29) is 11.5 Å². The number of nitrogens with zero attached hydrogens (tertiary/aromatic N) is 1. The molecule has 3 rings (SSSR count). The summed E-state index contributed by atoms with van der Waals surface area (Å²) in [6.07, 6.45) is 2.23. The summed E-state index contributed by atoms with van der Waals surface area (Å²) in [4.78, 5) is 14.0. The Bertz CT molecular complexity index is 472. The number of hydrogen-bond donors (Lipinski definition) is 1. The maximum atomic E-state index is 13.1. The van der Waals surface area contributed by atoms with Crippen LogP contribution in [0, 0.1) is 17.6 Å². The van der Waals surface area contributed by atoms with Crippen LogP contribution >= 0.6 is 0 Å². The molecule has 1 N–H and O–H groups in total. The normalized spacial score (nSPS) is 26.3. The summed E-state index contributed by atoms with van der Waals surface area (Å²) >= 11 is 0. The zero-order valence-electron chi connectivity index (χ0n) is 10.5. The zero-order chi connectivity index (χ0) is 13.4. The molecule has 0 saturated carbocycles. The van der Waals surface area contributed by atoms with Crippen molar-refractivity contribution in [2.24, 2.45) is 5.92 Å². The third-order valence-corrected chi connectivity index (χ3v) is 4.00. The average Bonchev–Trinajstić information content (AvgIpc) is 2.80. The minimum atomic E-state index is -0.710. The van der Waals surface area contributed by atoms with Crippen LogP contribution in [-0.4, -0.2) is 36.5 Å². The molecule has 1 aromatic carbocycles.